The quantitative estimate of drug-likeness (QED) is 0.914. The van der Waals surface area contributed by atoms with Crippen LogP contribution in [0.4, 0.5) is 0 Å². The predicted molar refractivity (Wildman–Crippen MR) is 89.5 cm³/mol. The van der Waals surface area contributed by atoms with E-state index in [9.17, 15) is 9.47 Å². The summed E-state index contributed by atoms with van der Waals surface area (Å²) < 4.78 is 15.6. The van der Waals surface area contributed by atoms with Crippen molar-refractivity contribution in [2.45, 2.75) is 37.6 Å². The maximum atomic E-state index is 12.6. The van der Waals surface area contributed by atoms with E-state index in [4.69, 9.17) is 0 Å². The average Bonchev–Trinajstić information content (AvgIpc) is 2.54. The van der Waals surface area contributed by atoms with E-state index in [2.05, 4.69) is 10.8 Å². The summed E-state index contributed by atoms with van der Waals surface area (Å²) in [5, 5.41) is 9.69. The number of hydrogen-bond acceptors (Lipinski definition) is 2. The number of nitriles is 1. The fourth-order valence-corrected chi connectivity index (χ4v) is 3.34. The first-order chi connectivity index (χ1) is 10.5. The average molecular weight is 312 g/mol. The summed E-state index contributed by atoms with van der Waals surface area (Å²) >= 11 is 0. The maximum absolute atomic E-state index is 12.6. The van der Waals surface area contributed by atoms with Gasteiger partial charge >= 0.3 is 0 Å². The monoisotopic (exact) mass is 312 g/mol. The number of rotatable bonds is 5. The van der Waals surface area contributed by atoms with E-state index in [1.165, 1.54) is 0 Å². The largest absolute Gasteiger partial charge is 0.237 e. The van der Waals surface area contributed by atoms with Crippen LogP contribution in [0.25, 0.3) is 0 Å². The second kappa shape index (κ2) is 6.87. The molecule has 0 radical (unpaired) electrons. The Kier molecular flexibility index (Phi) is 5.12. The molecular formula is C18H20N2OS. The molecule has 2 atom stereocenters. The molecule has 0 aliphatic rings. The Morgan fingerprint density at radius 1 is 1.05 bits per heavy atom. The first kappa shape index (κ1) is 16.4. The van der Waals surface area contributed by atoms with E-state index in [1.54, 1.807) is 0 Å². The van der Waals surface area contributed by atoms with Crippen LogP contribution in [0.15, 0.2) is 53.4 Å². The molecule has 0 spiro atoms. The van der Waals surface area contributed by atoms with Gasteiger partial charge in [-0.25, -0.2) is 8.93 Å². The van der Waals surface area contributed by atoms with Crippen molar-refractivity contribution in [2.24, 2.45) is 0 Å². The third-order valence-corrected chi connectivity index (χ3v) is 5.00. The van der Waals surface area contributed by atoms with Crippen molar-refractivity contribution in [1.82, 2.24) is 4.72 Å². The zero-order chi connectivity index (χ0) is 16.2. The zero-order valence-electron chi connectivity index (χ0n) is 13.1. The molecule has 22 heavy (non-hydrogen) atoms. The van der Waals surface area contributed by atoms with Crippen LogP contribution in [-0.2, 0) is 16.5 Å². The number of benzene rings is 2. The molecule has 0 saturated heterocycles. The van der Waals surface area contributed by atoms with E-state index < -0.39 is 16.5 Å². The Hall–Kier alpha value is -1.96. The van der Waals surface area contributed by atoms with Crippen LogP contribution in [0, 0.1) is 25.2 Å². The van der Waals surface area contributed by atoms with Crippen LogP contribution in [0.5, 0.6) is 0 Å². The van der Waals surface area contributed by atoms with Gasteiger partial charge in [0.25, 0.3) is 0 Å². The third-order valence-electron chi connectivity index (χ3n) is 3.77. The van der Waals surface area contributed by atoms with Gasteiger partial charge in [-0.3, -0.25) is 0 Å². The van der Waals surface area contributed by atoms with Crippen LogP contribution >= 0.6 is 0 Å². The highest BCUT2D eigenvalue weighted by Gasteiger charge is 2.32. The highest BCUT2D eigenvalue weighted by atomic mass is 32.2. The second-order valence-electron chi connectivity index (χ2n) is 5.42. The molecule has 0 aromatic heterocycles. The lowest BCUT2D eigenvalue weighted by molar-refractivity contribution is 0.500. The highest BCUT2D eigenvalue weighted by molar-refractivity contribution is 7.83. The van der Waals surface area contributed by atoms with Crippen LogP contribution in [0.2, 0.25) is 0 Å². The molecule has 0 saturated carbocycles. The number of aryl methyl sites for hydroxylation is 2. The number of hydrogen-bond donors (Lipinski definition) is 1. The fourth-order valence-electron chi connectivity index (χ4n) is 2.22. The molecule has 0 bridgehead atoms. The van der Waals surface area contributed by atoms with Crippen molar-refractivity contribution >= 4 is 11.0 Å². The topological polar surface area (TPSA) is 52.9 Å². The standard InChI is InChI=1S/C18H20N2OS/c1-4-18(13-19,16-9-5-14(2)6-10-16)20-22(21)17-11-7-15(3)8-12-17/h5-12,20H,4H2,1-3H3/t18-,22+/m1/s1. The molecule has 0 fully saturated rings. The normalized spacial score (nSPS) is 14.8. The minimum Gasteiger partial charge on any atom is -0.237 e. The first-order valence-corrected chi connectivity index (χ1v) is 8.40. The van der Waals surface area contributed by atoms with Crippen LogP contribution in [0.1, 0.15) is 30.0 Å². The van der Waals surface area contributed by atoms with Gasteiger partial charge in [-0.05, 0) is 38.0 Å². The SMILES string of the molecule is CC[C@](C#N)(N[S@@](=O)c1ccc(C)cc1)c1ccc(C)cc1. The number of nitrogens with zero attached hydrogens (tertiary/aromatic N) is 1. The summed E-state index contributed by atoms with van der Waals surface area (Å²) in [4.78, 5) is 0.672. The summed E-state index contributed by atoms with van der Waals surface area (Å²) in [6.45, 7) is 5.90. The Bertz CT molecular complexity index is 701. The van der Waals surface area contributed by atoms with Gasteiger partial charge < -0.3 is 0 Å². The molecule has 2 aromatic rings. The van der Waals surface area contributed by atoms with Gasteiger partial charge in [0.2, 0.25) is 0 Å². The first-order valence-electron chi connectivity index (χ1n) is 7.25. The highest BCUT2D eigenvalue weighted by Crippen LogP contribution is 2.26. The lowest BCUT2D eigenvalue weighted by Crippen LogP contribution is -2.41. The van der Waals surface area contributed by atoms with Crippen molar-refractivity contribution in [1.29, 1.82) is 5.26 Å². The van der Waals surface area contributed by atoms with E-state index in [-0.39, 0.29) is 0 Å². The molecule has 1 N–H and O–H groups in total. The van der Waals surface area contributed by atoms with Gasteiger partial charge in [-0.15, -0.1) is 0 Å². The van der Waals surface area contributed by atoms with Crippen LogP contribution in [0.3, 0.4) is 0 Å². The van der Waals surface area contributed by atoms with Gasteiger partial charge in [0.15, 0.2) is 0 Å². The Morgan fingerprint density at radius 3 is 2.00 bits per heavy atom. The minimum atomic E-state index is -1.44. The summed E-state index contributed by atoms with van der Waals surface area (Å²) in [6, 6.07) is 17.6. The van der Waals surface area contributed by atoms with E-state index >= 15 is 0 Å². The van der Waals surface area contributed by atoms with Gasteiger partial charge in [0, 0.05) is 0 Å². The lowest BCUT2D eigenvalue weighted by atomic mass is 9.89. The molecule has 0 heterocycles. The zero-order valence-corrected chi connectivity index (χ0v) is 13.9. The molecular weight excluding hydrogens is 292 g/mol. The molecule has 2 aromatic carbocycles. The molecule has 114 valence electrons. The van der Waals surface area contributed by atoms with Gasteiger partial charge in [-0.2, -0.15) is 5.26 Å². The molecule has 2 rings (SSSR count). The Labute approximate surface area is 134 Å². The maximum Gasteiger partial charge on any atom is 0.142 e. The predicted octanol–water partition coefficient (Wildman–Crippen LogP) is 3.74. The smallest absolute Gasteiger partial charge is 0.142 e. The fraction of sp³-hybridized carbons (Fsp3) is 0.278. The van der Waals surface area contributed by atoms with Crippen molar-refractivity contribution in [3.8, 4) is 6.07 Å². The molecule has 0 aliphatic heterocycles. The summed E-state index contributed by atoms with van der Waals surface area (Å²) in [7, 11) is -1.44. The molecule has 4 heteroatoms. The molecule has 0 amide bonds. The van der Waals surface area contributed by atoms with Crippen LogP contribution < -0.4 is 4.72 Å². The van der Waals surface area contributed by atoms with E-state index in [0.29, 0.717) is 11.3 Å². The summed E-state index contributed by atoms with van der Waals surface area (Å²) in [6.07, 6.45) is 0.532. The van der Waals surface area contributed by atoms with Crippen molar-refractivity contribution < 1.29 is 4.21 Å². The van der Waals surface area contributed by atoms with E-state index in [1.807, 2.05) is 69.3 Å². The van der Waals surface area contributed by atoms with Gasteiger partial charge in [0.05, 0.1) is 11.0 Å². The second-order valence-corrected chi connectivity index (χ2v) is 6.63. The molecule has 3 nitrogen and oxygen atoms in total. The van der Waals surface area contributed by atoms with E-state index in [0.717, 1.165) is 16.7 Å². The van der Waals surface area contributed by atoms with Crippen molar-refractivity contribution in [2.75, 3.05) is 0 Å². The minimum absolute atomic E-state index is 0.532. The Balaban J connectivity index is 2.32. The van der Waals surface area contributed by atoms with Gasteiger partial charge in [0.1, 0.15) is 16.5 Å². The van der Waals surface area contributed by atoms with Crippen molar-refractivity contribution in [3.63, 3.8) is 0 Å². The molecule has 0 unspecified atom stereocenters. The lowest BCUT2D eigenvalue weighted by Gasteiger charge is -2.26. The summed E-state index contributed by atoms with van der Waals surface area (Å²) in [5.41, 5.74) is 2.12. The Morgan fingerprint density at radius 2 is 1.55 bits per heavy atom. The summed E-state index contributed by atoms with van der Waals surface area (Å²) in [5.74, 6) is 0. The number of nitrogens with one attached hydrogen (secondary N) is 1. The third kappa shape index (κ3) is 3.44. The van der Waals surface area contributed by atoms with Crippen molar-refractivity contribution in [3.05, 3.63) is 65.2 Å². The molecule has 0 aliphatic carbocycles. The van der Waals surface area contributed by atoms with Gasteiger partial charge in [-0.1, -0.05) is 54.4 Å². The van der Waals surface area contributed by atoms with Crippen LogP contribution in [-0.4, -0.2) is 4.21 Å².